The minimum atomic E-state index is 0.217. The summed E-state index contributed by atoms with van der Waals surface area (Å²) in [5.74, 6) is 0.861. The summed E-state index contributed by atoms with van der Waals surface area (Å²) >= 11 is 6.33. The molecule has 82 valence electrons. The van der Waals surface area contributed by atoms with E-state index >= 15 is 0 Å². The third kappa shape index (κ3) is 4.22. The normalized spacial score (nSPS) is 11.4. The van der Waals surface area contributed by atoms with E-state index in [-0.39, 0.29) is 5.41 Å². The van der Waals surface area contributed by atoms with Gasteiger partial charge in [-0.1, -0.05) is 69.0 Å². The average molecular weight is 239 g/mol. The van der Waals surface area contributed by atoms with Gasteiger partial charge < -0.3 is 5.73 Å². The molecule has 0 aliphatic heterocycles. The van der Waals surface area contributed by atoms with Gasteiger partial charge in [0.1, 0.15) is 4.32 Å². The molecule has 0 unspecified atom stereocenters. The smallest absolute Gasteiger partial charge is 0.131 e. The average Bonchev–Trinajstić information content (AvgIpc) is 2.14. The van der Waals surface area contributed by atoms with Crippen molar-refractivity contribution in [1.82, 2.24) is 0 Å². The Bertz CT molecular complexity index is 336. The van der Waals surface area contributed by atoms with Crippen molar-refractivity contribution < 1.29 is 0 Å². The number of nitrogens with two attached hydrogens (primary N) is 1. The van der Waals surface area contributed by atoms with Crippen LogP contribution in [0.5, 0.6) is 0 Å². The number of benzene rings is 1. The van der Waals surface area contributed by atoms with Crippen LogP contribution < -0.4 is 5.73 Å². The quantitative estimate of drug-likeness (QED) is 0.800. The van der Waals surface area contributed by atoms with E-state index in [1.54, 1.807) is 0 Å². The van der Waals surface area contributed by atoms with Gasteiger partial charge in [0.05, 0.1) is 0 Å². The molecule has 0 aliphatic carbocycles. The highest BCUT2D eigenvalue weighted by Gasteiger charge is 2.12. The lowest BCUT2D eigenvalue weighted by atomic mass is 9.87. The summed E-state index contributed by atoms with van der Waals surface area (Å²) in [4.78, 5) is 0. The lowest BCUT2D eigenvalue weighted by Crippen LogP contribution is -2.10. The minimum absolute atomic E-state index is 0.217. The fourth-order valence-corrected chi connectivity index (χ4v) is 1.93. The summed E-state index contributed by atoms with van der Waals surface area (Å²) in [5.41, 5.74) is 8.27. The molecular weight excluding hydrogens is 222 g/mol. The molecule has 1 aromatic carbocycles. The topological polar surface area (TPSA) is 26.0 Å². The van der Waals surface area contributed by atoms with E-state index in [0.717, 1.165) is 5.75 Å². The highest BCUT2D eigenvalue weighted by Crippen LogP contribution is 2.23. The Morgan fingerprint density at radius 2 is 1.80 bits per heavy atom. The maximum Gasteiger partial charge on any atom is 0.131 e. The zero-order valence-corrected chi connectivity index (χ0v) is 11.0. The molecule has 0 heterocycles. The fourth-order valence-electron chi connectivity index (χ4n) is 1.26. The van der Waals surface area contributed by atoms with Gasteiger partial charge in [0, 0.05) is 5.75 Å². The van der Waals surface area contributed by atoms with Crippen molar-refractivity contribution in [2.24, 2.45) is 5.73 Å². The van der Waals surface area contributed by atoms with Gasteiger partial charge >= 0.3 is 0 Å². The van der Waals surface area contributed by atoms with E-state index in [1.807, 2.05) is 0 Å². The minimum Gasteiger partial charge on any atom is -0.385 e. The van der Waals surface area contributed by atoms with E-state index < -0.39 is 0 Å². The van der Waals surface area contributed by atoms with Gasteiger partial charge in [-0.05, 0) is 16.5 Å². The van der Waals surface area contributed by atoms with Crippen LogP contribution >= 0.6 is 24.0 Å². The van der Waals surface area contributed by atoms with E-state index in [0.29, 0.717) is 4.32 Å². The highest BCUT2D eigenvalue weighted by molar-refractivity contribution is 8.22. The van der Waals surface area contributed by atoms with E-state index in [1.165, 1.54) is 22.9 Å². The molecule has 0 spiro atoms. The van der Waals surface area contributed by atoms with Gasteiger partial charge in [-0.3, -0.25) is 0 Å². The second-order valence-electron chi connectivity index (χ2n) is 4.55. The molecule has 1 nitrogen and oxygen atoms in total. The molecule has 0 bridgehead atoms. The van der Waals surface area contributed by atoms with Crippen LogP contribution in [-0.2, 0) is 11.2 Å². The lowest BCUT2D eigenvalue weighted by Gasteiger charge is -2.19. The SMILES string of the molecule is CC(C)(C)c1ccc(CSC(N)=S)cc1. The zero-order valence-electron chi connectivity index (χ0n) is 9.41. The third-order valence-corrected chi connectivity index (χ3v) is 3.32. The zero-order chi connectivity index (χ0) is 11.5. The second kappa shape index (κ2) is 4.99. The largest absolute Gasteiger partial charge is 0.385 e. The van der Waals surface area contributed by atoms with Crippen LogP contribution in [0.4, 0.5) is 0 Å². The summed E-state index contributed by atoms with van der Waals surface area (Å²) in [6, 6.07) is 8.64. The lowest BCUT2D eigenvalue weighted by molar-refractivity contribution is 0.590. The molecule has 1 aromatic rings. The molecule has 0 saturated carbocycles. The molecule has 0 saturated heterocycles. The van der Waals surface area contributed by atoms with E-state index in [4.69, 9.17) is 18.0 Å². The molecular formula is C12H17NS2. The van der Waals surface area contributed by atoms with Gasteiger partial charge in [0.15, 0.2) is 0 Å². The number of hydrogen-bond donors (Lipinski definition) is 1. The molecule has 0 amide bonds. The fraction of sp³-hybridized carbons (Fsp3) is 0.417. The Morgan fingerprint density at radius 1 is 1.27 bits per heavy atom. The van der Waals surface area contributed by atoms with Crippen molar-refractivity contribution in [3.8, 4) is 0 Å². The van der Waals surface area contributed by atoms with Crippen LogP contribution in [0, 0.1) is 0 Å². The number of thiocarbonyl (C=S) groups is 1. The van der Waals surface area contributed by atoms with Crippen LogP contribution in [0.1, 0.15) is 31.9 Å². The Labute approximate surface area is 101 Å². The maximum atomic E-state index is 5.43. The summed E-state index contributed by atoms with van der Waals surface area (Å²) in [5, 5.41) is 0. The molecule has 0 radical (unpaired) electrons. The van der Waals surface area contributed by atoms with Gasteiger partial charge in [0.25, 0.3) is 0 Å². The predicted molar refractivity (Wildman–Crippen MR) is 73.2 cm³/mol. The first kappa shape index (κ1) is 12.5. The van der Waals surface area contributed by atoms with Crippen molar-refractivity contribution in [3.05, 3.63) is 35.4 Å². The summed E-state index contributed by atoms with van der Waals surface area (Å²) in [7, 11) is 0. The molecule has 0 aromatic heterocycles. The van der Waals surface area contributed by atoms with Crippen molar-refractivity contribution in [2.75, 3.05) is 0 Å². The van der Waals surface area contributed by atoms with Crippen molar-refractivity contribution in [3.63, 3.8) is 0 Å². The van der Waals surface area contributed by atoms with Crippen LogP contribution in [0.25, 0.3) is 0 Å². The standard InChI is InChI=1S/C12H17NS2/c1-12(2,3)10-6-4-9(5-7-10)8-15-11(13)14/h4-7H,8H2,1-3H3,(H2,13,14). The molecule has 0 aliphatic rings. The van der Waals surface area contributed by atoms with Crippen LogP contribution in [0.2, 0.25) is 0 Å². The van der Waals surface area contributed by atoms with Gasteiger partial charge in [-0.25, -0.2) is 0 Å². The molecule has 1 rings (SSSR count). The Balaban J connectivity index is 2.69. The molecule has 15 heavy (non-hydrogen) atoms. The predicted octanol–water partition coefficient (Wildman–Crippen LogP) is 3.46. The van der Waals surface area contributed by atoms with Crippen molar-refractivity contribution in [1.29, 1.82) is 0 Å². The van der Waals surface area contributed by atoms with Crippen molar-refractivity contribution in [2.45, 2.75) is 31.9 Å². The van der Waals surface area contributed by atoms with Crippen LogP contribution in [-0.4, -0.2) is 4.32 Å². The number of thioether (sulfide) groups is 1. The molecule has 3 heteroatoms. The Kier molecular flexibility index (Phi) is 4.17. The maximum absolute atomic E-state index is 5.43. The molecule has 0 fully saturated rings. The van der Waals surface area contributed by atoms with E-state index in [2.05, 4.69) is 45.0 Å². The highest BCUT2D eigenvalue weighted by atomic mass is 32.2. The van der Waals surface area contributed by atoms with Crippen LogP contribution in [0.3, 0.4) is 0 Å². The summed E-state index contributed by atoms with van der Waals surface area (Å²) in [6.07, 6.45) is 0. The van der Waals surface area contributed by atoms with Gasteiger partial charge in [-0.2, -0.15) is 0 Å². The number of hydrogen-bond acceptors (Lipinski definition) is 2. The second-order valence-corrected chi connectivity index (χ2v) is 6.27. The third-order valence-electron chi connectivity index (χ3n) is 2.20. The number of rotatable bonds is 2. The summed E-state index contributed by atoms with van der Waals surface area (Å²) in [6.45, 7) is 6.64. The monoisotopic (exact) mass is 239 g/mol. The van der Waals surface area contributed by atoms with Crippen LogP contribution in [0.15, 0.2) is 24.3 Å². The first-order valence-corrected chi connectivity index (χ1v) is 6.30. The Hall–Kier alpha value is -0.540. The Morgan fingerprint density at radius 3 is 2.20 bits per heavy atom. The molecule has 2 N–H and O–H groups in total. The van der Waals surface area contributed by atoms with Gasteiger partial charge in [0.2, 0.25) is 0 Å². The van der Waals surface area contributed by atoms with Gasteiger partial charge in [-0.15, -0.1) is 0 Å². The molecule has 0 atom stereocenters. The summed E-state index contributed by atoms with van der Waals surface area (Å²) < 4.78 is 0.509. The van der Waals surface area contributed by atoms with E-state index in [9.17, 15) is 0 Å². The first-order chi connectivity index (χ1) is 6.89. The van der Waals surface area contributed by atoms with Crippen molar-refractivity contribution >= 4 is 28.3 Å². The first-order valence-electron chi connectivity index (χ1n) is 4.91.